The lowest BCUT2D eigenvalue weighted by atomic mass is 10.2. The first-order valence-electron chi connectivity index (χ1n) is 7.36. The summed E-state index contributed by atoms with van der Waals surface area (Å²) in [4.78, 5) is 20.1. The Hall–Kier alpha value is -1.94. The molecule has 0 bridgehead atoms. The van der Waals surface area contributed by atoms with Crippen LogP contribution in [0.1, 0.15) is 43.8 Å². The van der Waals surface area contributed by atoms with Crippen LogP contribution in [0.5, 0.6) is 0 Å². The van der Waals surface area contributed by atoms with Crippen molar-refractivity contribution in [3.8, 4) is 6.07 Å². The van der Waals surface area contributed by atoms with E-state index in [-0.39, 0.29) is 11.9 Å². The van der Waals surface area contributed by atoms with Gasteiger partial charge in [0.25, 0.3) is 0 Å². The minimum atomic E-state index is 0.0107. The van der Waals surface area contributed by atoms with Gasteiger partial charge in [-0.2, -0.15) is 10.2 Å². The first-order chi connectivity index (χ1) is 10.2. The fourth-order valence-electron chi connectivity index (χ4n) is 2.79. The SMILES string of the molecule is CC(=O)N(Cc1noc(C2CC2)n1)[C@@H]1CCN(CC#N)C1. The second-order valence-electron chi connectivity index (χ2n) is 5.81. The molecule has 2 heterocycles. The number of nitriles is 1. The quantitative estimate of drug-likeness (QED) is 0.748. The standard InChI is InChI=1S/C14H19N5O2/c1-10(20)19(12-4-6-18(8-12)7-5-15)9-13-16-14(21-17-13)11-2-3-11/h11-12H,2-4,6-9H2,1H3/t12-/m1/s1. The highest BCUT2D eigenvalue weighted by molar-refractivity contribution is 5.73. The zero-order valence-corrected chi connectivity index (χ0v) is 12.2. The lowest BCUT2D eigenvalue weighted by Crippen LogP contribution is -2.40. The Morgan fingerprint density at radius 1 is 1.52 bits per heavy atom. The number of nitrogens with zero attached hydrogens (tertiary/aromatic N) is 5. The van der Waals surface area contributed by atoms with Crippen LogP contribution in [-0.4, -0.2) is 51.5 Å². The van der Waals surface area contributed by atoms with Gasteiger partial charge in [0.15, 0.2) is 5.82 Å². The van der Waals surface area contributed by atoms with Gasteiger partial charge in [-0.3, -0.25) is 9.69 Å². The van der Waals surface area contributed by atoms with Crippen molar-refractivity contribution in [1.29, 1.82) is 5.26 Å². The van der Waals surface area contributed by atoms with Crippen molar-refractivity contribution in [2.75, 3.05) is 19.6 Å². The van der Waals surface area contributed by atoms with E-state index in [1.54, 1.807) is 11.8 Å². The van der Waals surface area contributed by atoms with Gasteiger partial charge in [-0.05, 0) is 19.3 Å². The molecule has 2 fully saturated rings. The monoisotopic (exact) mass is 289 g/mol. The molecule has 1 aromatic heterocycles. The Balaban J connectivity index is 1.64. The van der Waals surface area contributed by atoms with Crippen LogP contribution in [0.3, 0.4) is 0 Å². The van der Waals surface area contributed by atoms with Crippen molar-refractivity contribution in [1.82, 2.24) is 19.9 Å². The Morgan fingerprint density at radius 2 is 2.33 bits per heavy atom. The summed E-state index contributed by atoms with van der Waals surface area (Å²) >= 11 is 0. The molecule has 1 atom stereocenters. The van der Waals surface area contributed by atoms with E-state index in [2.05, 4.69) is 21.1 Å². The Kier molecular flexibility index (Phi) is 3.88. The van der Waals surface area contributed by atoms with E-state index in [9.17, 15) is 4.79 Å². The number of carbonyl (C=O) groups is 1. The fraction of sp³-hybridized carbons (Fsp3) is 0.714. The second-order valence-corrected chi connectivity index (χ2v) is 5.81. The van der Waals surface area contributed by atoms with Crippen molar-refractivity contribution >= 4 is 5.91 Å². The lowest BCUT2D eigenvalue weighted by Gasteiger charge is -2.26. The molecule has 7 heteroatoms. The number of likely N-dealkylation sites (tertiary alicyclic amines) is 1. The Bertz CT molecular complexity index is 560. The summed E-state index contributed by atoms with van der Waals surface area (Å²) in [6.45, 7) is 3.95. The fourth-order valence-corrected chi connectivity index (χ4v) is 2.79. The lowest BCUT2D eigenvalue weighted by molar-refractivity contribution is -0.131. The van der Waals surface area contributed by atoms with E-state index in [0.717, 1.165) is 32.4 Å². The van der Waals surface area contributed by atoms with Gasteiger partial charge >= 0.3 is 0 Å². The summed E-state index contributed by atoms with van der Waals surface area (Å²) in [5, 5.41) is 12.7. The molecule has 21 heavy (non-hydrogen) atoms. The first-order valence-corrected chi connectivity index (χ1v) is 7.36. The van der Waals surface area contributed by atoms with Crippen LogP contribution in [0, 0.1) is 11.3 Å². The molecule has 1 amide bonds. The smallest absolute Gasteiger partial charge is 0.229 e. The maximum absolute atomic E-state index is 11.9. The maximum Gasteiger partial charge on any atom is 0.229 e. The molecule has 0 radical (unpaired) electrons. The van der Waals surface area contributed by atoms with E-state index in [1.807, 2.05) is 0 Å². The van der Waals surface area contributed by atoms with Crippen LogP contribution >= 0.6 is 0 Å². The maximum atomic E-state index is 11.9. The topological polar surface area (TPSA) is 86.3 Å². The third-order valence-corrected chi connectivity index (χ3v) is 4.11. The molecule has 7 nitrogen and oxygen atoms in total. The van der Waals surface area contributed by atoms with Gasteiger partial charge in [0.2, 0.25) is 11.8 Å². The van der Waals surface area contributed by atoms with Crippen molar-refractivity contribution in [2.24, 2.45) is 0 Å². The predicted octanol–water partition coefficient (Wildman–Crippen LogP) is 0.893. The van der Waals surface area contributed by atoms with Gasteiger partial charge in [0.05, 0.1) is 19.2 Å². The van der Waals surface area contributed by atoms with Crippen molar-refractivity contribution in [3.63, 3.8) is 0 Å². The number of rotatable bonds is 5. The molecule has 1 aromatic rings. The number of carbonyl (C=O) groups excluding carboxylic acids is 1. The average molecular weight is 289 g/mol. The molecular formula is C14H19N5O2. The van der Waals surface area contributed by atoms with E-state index in [0.29, 0.717) is 30.7 Å². The first kappa shape index (κ1) is 14.0. The molecule has 0 spiro atoms. The van der Waals surface area contributed by atoms with Gasteiger partial charge in [0.1, 0.15) is 0 Å². The summed E-state index contributed by atoms with van der Waals surface area (Å²) in [6, 6.07) is 2.28. The van der Waals surface area contributed by atoms with Crippen LogP contribution in [0.4, 0.5) is 0 Å². The molecule has 1 saturated heterocycles. The van der Waals surface area contributed by atoms with Crippen molar-refractivity contribution in [3.05, 3.63) is 11.7 Å². The van der Waals surface area contributed by atoms with Crippen molar-refractivity contribution < 1.29 is 9.32 Å². The summed E-state index contributed by atoms with van der Waals surface area (Å²) in [6.07, 6.45) is 3.11. The Labute approximate surface area is 123 Å². The zero-order valence-electron chi connectivity index (χ0n) is 12.2. The van der Waals surface area contributed by atoms with Gasteiger partial charge in [-0.15, -0.1) is 0 Å². The van der Waals surface area contributed by atoms with E-state index < -0.39 is 0 Å². The molecule has 0 unspecified atom stereocenters. The van der Waals surface area contributed by atoms with Gasteiger partial charge in [-0.1, -0.05) is 5.16 Å². The van der Waals surface area contributed by atoms with Crippen LogP contribution < -0.4 is 0 Å². The number of hydrogen-bond acceptors (Lipinski definition) is 6. The van der Waals surface area contributed by atoms with Gasteiger partial charge in [-0.25, -0.2) is 0 Å². The highest BCUT2D eigenvalue weighted by Crippen LogP contribution is 2.38. The average Bonchev–Trinajstić information content (AvgIpc) is 3.02. The minimum Gasteiger partial charge on any atom is -0.339 e. The number of aromatic nitrogens is 2. The summed E-state index contributed by atoms with van der Waals surface area (Å²) < 4.78 is 5.24. The molecular weight excluding hydrogens is 270 g/mol. The summed E-state index contributed by atoms with van der Waals surface area (Å²) in [7, 11) is 0. The highest BCUT2D eigenvalue weighted by Gasteiger charge is 2.32. The van der Waals surface area contributed by atoms with Gasteiger partial charge in [0, 0.05) is 32.0 Å². The predicted molar refractivity (Wildman–Crippen MR) is 73.0 cm³/mol. The third kappa shape index (κ3) is 3.22. The van der Waals surface area contributed by atoms with Crippen LogP contribution in [0.2, 0.25) is 0 Å². The molecule has 1 aliphatic carbocycles. The molecule has 1 saturated carbocycles. The summed E-state index contributed by atoms with van der Waals surface area (Å²) in [5.41, 5.74) is 0. The van der Waals surface area contributed by atoms with E-state index in [1.165, 1.54) is 0 Å². The molecule has 112 valence electrons. The third-order valence-electron chi connectivity index (χ3n) is 4.11. The zero-order chi connectivity index (χ0) is 14.8. The van der Waals surface area contributed by atoms with E-state index >= 15 is 0 Å². The molecule has 1 aliphatic heterocycles. The molecule has 3 rings (SSSR count). The Morgan fingerprint density at radius 3 is 3.00 bits per heavy atom. The molecule has 0 N–H and O–H groups in total. The second kappa shape index (κ2) is 5.82. The van der Waals surface area contributed by atoms with Crippen LogP contribution in [-0.2, 0) is 11.3 Å². The summed E-state index contributed by atoms with van der Waals surface area (Å²) in [5.74, 6) is 1.71. The van der Waals surface area contributed by atoms with Crippen LogP contribution in [0.15, 0.2) is 4.52 Å². The molecule has 2 aliphatic rings. The highest BCUT2D eigenvalue weighted by atomic mass is 16.5. The number of amides is 1. The minimum absolute atomic E-state index is 0.0107. The van der Waals surface area contributed by atoms with E-state index in [4.69, 9.17) is 9.78 Å². The molecule has 0 aromatic carbocycles. The van der Waals surface area contributed by atoms with Gasteiger partial charge < -0.3 is 9.42 Å². The number of hydrogen-bond donors (Lipinski definition) is 0. The largest absolute Gasteiger partial charge is 0.339 e. The van der Waals surface area contributed by atoms with Crippen LogP contribution in [0.25, 0.3) is 0 Å². The van der Waals surface area contributed by atoms with Crippen molar-refractivity contribution in [2.45, 2.75) is 44.7 Å². The normalized spacial score (nSPS) is 22.2.